The normalized spacial score (nSPS) is 21.3. The Balaban J connectivity index is 0.000000176. The molecule has 4 rings (SSSR count). The van der Waals surface area contributed by atoms with Crippen molar-refractivity contribution in [3.05, 3.63) is 48.3 Å². The molecular formula is C23H34O2S4. The van der Waals surface area contributed by atoms with Crippen LogP contribution >= 0.6 is 45.1 Å². The van der Waals surface area contributed by atoms with Crippen LogP contribution in [0.2, 0.25) is 0 Å². The quantitative estimate of drug-likeness (QED) is 0.361. The van der Waals surface area contributed by atoms with Crippen LogP contribution in [-0.2, 0) is 12.8 Å². The molecule has 2 nitrogen and oxygen atoms in total. The molecule has 4 heterocycles. The van der Waals surface area contributed by atoms with E-state index in [1.807, 2.05) is 33.7 Å². The van der Waals surface area contributed by atoms with E-state index in [1.165, 1.54) is 55.8 Å². The Kier molecular flexibility index (Phi) is 11.5. The predicted molar refractivity (Wildman–Crippen MR) is 134 cm³/mol. The summed E-state index contributed by atoms with van der Waals surface area (Å²) in [4.78, 5) is 0. The molecule has 2 aromatic rings. The van der Waals surface area contributed by atoms with Crippen molar-refractivity contribution < 1.29 is 8.83 Å². The second-order valence-electron chi connectivity index (χ2n) is 7.66. The van der Waals surface area contributed by atoms with Crippen molar-refractivity contribution >= 4 is 45.1 Å². The molecule has 2 aliphatic rings. The molecule has 2 aromatic heterocycles. The minimum Gasteiger partial charge on any atom is -0.469 e. The lowest BCUT2D eigenvalue weighted by atomic mass is 9.96. The number of hydrogen-bond acceptors (Lipinski definition) is 6. The molecule has 0 saturated carbocycles. The molecule has 0 bridgehead atoms. The maximum atomic E-state index is 5.49. The standard InChI is InChI=1S/C14H22OS2.C9H12OS2/c1-2-5-12(10-13-6-3-7-15-13)11-14-16-8-4-9-17-14;1-3-8(10-5-1)7-9-4-2-6-11-12-9/h3,6-7,12,14H,2,4-5,8-11H2,1H3;1,3,5,9H,2,4,6-7H2. The summed E-state index contributed by atoms with van der Waals surface area (Å²) in [5, 5.41) is 0.773. The van der Waals surface area contributed by atoms with Crippen LogP contribution in [0.4, 0.5) is 0 Å². The molecule has 6 heteroatoms. The van der Waals surface area contributed by atoms with Crippen molar-refractivity contribution in [3.8, 4) is 0 Å². The third-order valence-corrected chi connectivity index (χ3v) is 11.1. The average molecular weight is 471 g/mol. The zero-order valence-electron chi connectivity index (χ0n) is 17.4. The third-order valence-electron chi connectivity index (χ3n) is 5.16. The van der Waals surface area contributed by atoms with Crippen LogP contribution in [0.25, 0.3) is 0 Å². The Morgan fingerprint density at radius 3 is 2.38 bits per heavy atom. The van der Waals surface area contributed by atoms with E-state index in [0.29, 0.717) is 0 Å². The largest absolute Gasteiger partial charge is 0.469 e. The zero-order valence-corrected chi connectivity index (χ0v) is 20.7. The lowest BCUT2D eigenvalue weighted by Gasteiger charge is -2.25. The SMILES string of the molecule is CCCC(Cc1ccco1)CC1SCCCS1.c1coc(CC2CCCSS2)c1. The number of thioether (sulfide) groups is 2. The Morgan fingerprint density at radius 1 is 1.00 bits per heavy atom. The maximum absolute atomic E-state index is 5.49. The van der Waals surface area contributed by atoms with E-state index in [-0.39, 0.29) is 0 Å². The Hall–Kier alpha value is -0.0400. The van der Waals surface area contributed by atoms with Gasteiger partial charge in [0.05, 0.1) is 17.1 Å². The second-order valence-corrected chi connectivity index (χ2v) is 13.4. The van der Waals surface area contributed by atoms with Crippen LogP contribution < -0.4 is 0 Å². The fraction of sp³-hybridized carbons (Fsp3) is 0.652. The lowest BCUT2D eigenvalue weighted by Crippen LogP contribution is -2.14. The van der Waals surface area contributed by atoms with Gasteiger partial charge in [-0.25, -0.2) is 0 Å². The molecule has 0 amide bonds. The van der Waals surface area contributed by atoms with Gasteiger partial charge in [-0.3, -0.25) is 0 Å². The van der Waals surface area contributed by atoms with E-state index in [0.717, 1.165) is 40.1 Å². The van der Waals surface area contributed by atoms with E-state index in [2.05, 4.69) is 42.6 Å². The van der Waals surface area contributed by atoms with E-state index in [9.17, 15) is 0 Å². The molecule has 0 N–H and O–H groups in total. The summed E-state index contributed by atoms with van der Waals surface area (Å²) in [5.74, 6) is 7.13. The topological polar surface area (TPSA) is 26.3 Å². The molecule has 162 valence electrons. The van der Waals surface area contributed by atoms with Crippen molar-refractivity contribution in [1.82, 2.24) is 0 Å². The summed E-state index contributed by atoms with van der Waals surface area (Å²) in [6.45, 7) is 2.29. The highest BCUT2D eigenvalue weighted by atomic mass is 33.1. The van der Waals surface area contributed by atoms with Crippen LogP contribution in [0.1, 0.15) is 57.0 Å². The summed E-state index contributed by atoms with van der Waals surface area (Å²) >= 11 is 4.32. The minimum absolute atomic E-state index is 0.773. The average Bonchev–Trinajstić information content (AvgIpc) is 3.45. The highest BCUT2D eigenvalue weighted by Crippen LogP contribution is 2.38. The first-order valence-electron chi connectivity index (χ1n) is 10.9. The molecule has 0 radical (unpaired) electrons. The first-order chi connectivity index (χ1) is 14.3. The molecule has 0 aliphatic carbocycles. The van der Waals surface area contributed by atoms with E-state index in [1.54, 1.807) is 12.5 Å². The van der Waals surface area contributed by atoms with Gasteiger partial charge >= 0.3 is 0 Å². The fourth-order valence-corrected chi connectivity index (χ4v) is 9.61. The molecule has 2 unspecified atom stereocenters. The predicted octanol–water partition coefficient (Wildman–Crippen LogP) is 8.19. The van der Waals surface area contributed by atoms with Gasteiger partial charge in [0.2, 0.25) is 0 Å². The van der Waals surface area contributed by atoms with Crippen molar-refractivity contribution in [2.24, 2.45) is 5.92 Å². The van der Waals surface area contributed by atoms with E-state index >= 15 is 0 Å². The van der Waals surface area contributed by atoms with E-state index < -0.39 is 0 Å². The van der Waals surface area contributed by atoms with Gasteiger partial charge in [0.25, 0.3) is 0 Å². The van der Waals surface area contributed by atoms with Crippen molar-refractivity contribution in [3.63, 3.8) is 0 Å². The molecular weight excluding hydrogens is 437 g/mol. The highest BCUT2D eigenvalue weighted by Gasteiger charge is 2.20. The van der Waals surface area contributed by atoms with Crippen molar-refractivity contribution in [2.75, 3.05) is 17.3 Å². The Morgan fingerprint density at radius 2 is 1.76 bits per heavy atom. The third kappa shape index (κ3) is 9.32. The molecule has 2 fully saturated rings. The summed E-state index contributed by atoms with van der Waals surface area (Å²) in [6.07, 6.45) is 13.8. The van der Waals surface area contributed by atoms with Gasteiger partial charge in [0.1, 0.15) is 11.5 Å². The molecule has 2 aliphatic heterocycles. The monoisotopic (exact) mass is 470 g/mol. The molecule has 2 atom stereocenters. The van der Waals surface area contributed by atoms with Crippen LogP contribution in [0.3, 0.4) is 0 Å². The fourth-order valence-electron chi connectivity index (χ4n) is 3.72. The number of rotatable bonds is 8. The lowest BCUT2D eigenvalue weighted by molar-refractivity contribution is 0.404. The van der Waals surface area contributed by atoms with Gasteiger partial charge in [-0.2, -0.15) is 0 Å². The zero-order chi connectivity index (χ0) is 20.2. The second kappa shape index (κ2) is 14.1. The number of hydrogen-bond donors (Lipinski definition) is 0. The van der Waals surface area contributed by atoms with Gasteiger partial charge in [-0.15, -0.1) is 23.5 Å². The van der Waals surface area contributed by atoms with Crippen molar-refractivity contribution in [2.45, 2.75) is 68.1 Å². The van der Waals surface area contributed by atoms with E-state index in [4.69, 9.17) is 8.83 Å². The first kappa shape index (κ1) is 23.6. The van der Waals surface area contributed by atoms with Gasteiger partial charge in [-0.05, 0) is 67.4 Å². The summed E-state index contributed by atoms with van der Waals surface area (Å²) < 4.78 is 11.6. The molecule has 0 spiro atoms. The smallest absolute Gasteiger partial charge is 0.104 e. The highest BCUT2D eigenvalue weighted by molar-refractivity contribution is 8.77. The minimum atomic E-state index is 0.773. The van der Waals surface area contributed by atoms with Crippen LogP contribution in [0.5, 0.6) is 0 Å². The van der Waals surface area contributed by atoms with Gasteiger partial charge in [0.15, 0.2) is 0 Å². The van der Waals surface area contributed by atoms with Gasteiger partial charge < -0.3 is 8.83 Å². The van der Waals surface area contributed by atoms with Crippen LogP contribution in [0.15, 0.2) is 45.6 Å². The Labute approximate surface area is 192 Å². The molecule has 29 heavy (non-hydrogen) atoms. The van der Waals surface area contributed by atoms with Crippen LogP contribution in [0, 0.1) is 5.92 Å². The maximum Gasteiger partial charge on any atom is 0.104 e. The van der Waals surface area contributed by atoms with Gasteiger partial charge in [-0.1, -0.05) is 41.4 Å². The summed E-state index contributed by atoms with van der Waals surface area (Å²) in [5.41, 5.74) is 0. The van der Waals surface area contributed by atoms with Gasteiger partial charge in [0, 0.05) is 23.8 Å². The van der Waals surface area contributed by atoms with Crippen molar-refractivity contribution in [1.29, 1.82) is 0 Å². The van der Waals surface area contributed by atoms with Crippen LogP contribution in [-0.4, -0.2) is 27.1 Å². The number of furan rings is 2. The first-order valence-corrected chi connectivity index (χ1v) is 15.4. The summed E-state index contributed by atoms with van der Waals surface area (Å²) in [6, 6.07) is 8.15. The molecule has 2 saturated heterocycles. The molecule has 0 aromatic carbocycles. The Bertz CT molecular complexity index is 617. The summed E-state index contributed by atoms with van der Waals surface area (Å²) in [7, 11) is 4.02.